The van der Waals surface area contributed by atoms with Crippen LogP contribution in [0, 0.1) is 0 Å². The molecule has 0 atom stereocenters. The first-order chi connectivity index (χ1) is 17.2. The number of hydrogen-bond acceptors (Lipinski definition) is 6. The van der Waals surface area contributed by atoms with Crippen molar-refractivity contribution >= 4 is 18.2 Å². The van der Waals surface area contributed by atoms with Crippen LogP contribution in [0.2, 0.25) is 0 Å². The Morgan fingerprint density at radius 2 is 1.94 bits per heavy atom. The third-order valence-electron chi connectivity index (χ3n) is 5.95. The Labute approximate surface area is 211 Å². The van der Waals surface area contributed by atoms with Gasteiger partial charge in [-0.1, -0.05) is 45.7 Å². The fourth-order valence-corrected chi connectivity index (χ4v) is 4.18. The number of amidine groups is 1. The zero-order valence-electron chi connectivity index (χ0n) is 22.1. The first-order valence-electron chi connectivity index (χ1n) is 12.9. The van der Waals surface area contributed by atoms with E-state index in [4.69, 9.17) is 15.5 Å². The molecule has 8 nitrogen and oxygen atoms in total. The number of nitrogens with one attached hydrogen (secondary N) is 2. The maximum atomic E-state index is 5.78. The smallest absolute Gasteiger partial charge is 0.173 e. The van der Waals surface area contributed by atoms with Crippen LogP contribution < -0.4 is 21.1 Å². The molecule has 2 heterocycles. The molecular formula is C27H45N7O. The molecular weight excluding hydrogens is 438 g/mol. The highest BCUT2D eigenvalue weighted by Gasteiger charge is 2.17. The summed E-state index contributed by atoms with van der Waals surface area (Å²) in [4.78, 5) is 11.5. The second-order valence-corrected chi connectivity index (χ2v) is 8.33. The molecule has 1 aromatic carbocycles. The maximum absolute atomic E-state index is 5.78. The maximum Gasteiger partial charge on any atom is 0.173 e. The predicted octanol–water partition coefficient (Wildman–Crippen LogP) is 3.94. The fourth-order valence-electron chi connectivity index (χ4n) is 4.18. The minimum atomic E-state index is 0.335. The van der Waals surface area contributed by atoms with E-state index in [1.165, 1.54) is 5.56 Å². The number of nitrogens with two attached hydrogens (primary N) is 1. The van der Waals surface area contributed by atoms with Crippen LogP contribution in [0.3, 0.4) is 0 Å². The molecule has 8 heteroatoms. The van der Waals surface area contributed by atoms with E-state index in [2.05, 4.69) is 56.9 Å². The summed E-state index contributed by atoms with van der Waals surface area (Å²) in [5.41, 5.74) is 9.96. The van der Waals surface area contributed by atoms with Gasteiger partial charge in [0.05, 0.1) is 26.0 Å². The number of hydrogen-bond donors (Lipinski definition) is 3. The molecule has 0 radical (unpaired) electrons. The number of aromatic nitrogens is 1. The molecule has 1 aliphatic rings. The van der Waals surface area contributed by atoms with E-state index < -0.39 is 0 Å². The normalized spacial score (nSPS) is 14.3. The van der Waals surface area contributed by atoms with Crippen molar-refractivity contribution in [3.05, 3.63) is 47.3 Å². The van der Waals surface area contributed by atoms with Crippen LogP contribution in [0.5, 0.6) is 5.75 Å². The van der Waals surface area contributed by atoms with Crippen LogP contribution in [0.15, 0.2) is 40.4 Å². The van der Waals surface area contributed by atoms with Crippen LogP contribution in [-0.2, 0) is 13.1 Å². The lowest BCUT2D eigenvalue weighted by atomic mass is 10.1. The first kappa shape index (κ1) is 28.6. The molecule has 0 aliphatic carbocycles. The quantitative estimate of drug-likeness (QED) is 0.184. The largest absolute Gasteiger partial charge is 0.496 e. The standard InChI is InChI=1S/C25H39N7O.C2H6/c1-4-5-6-10-29-25(27-2)24-22(30-19-26)9-13-32(24)18-21-8-7-20(16-23(21)33-3)17-31-14-11-28-12-15-31;1-2/h7-9,13,16,28,30H,2,4-6,10-12,14-15,17-19,26H2,1,3H3;1-2H3. The average molecular weight is 484 g/mol. The van der Waals surface area contributed by atoms with Gasteiger partial charge in [0.1, 0.15) is 11.4 Å². The van der Waals surface area contributed by atoms with Gasteiger partial charge in [0.15, 0.2) is 5.84 Å². The number of nitrogens with zero attached hydrogens (tertiary/aromatic N) is 4. The summed E-state index contributed by atoms with van der Waals surface area (Å²) in [7, 11) is 1.73. The zero-order valence-corrected chi connectivity index (χ0v) is 22.1. The summed E-state index contributed by atoms with van der Waals surface area (Å²) in [6.45, 7) is 16.9. The molecule has 1 fully saturated rings. The molecule has 194 valence electrons. The monoisotopic (exact) mass is 483 g/mol. The minimum absolute atomic E-state index is 0.335. The highest BCUT2D eigenvalue weighted by atomic mass is 16.5. The predicted molar refractivity (Wildman–Crippen MR) is 149 cm³/mol. The summed E-state index contributed by atoms with van der Waals surface area (Å²) >= 11 is 0. The molecule has 1 aromatic heterocycles. The van der Waals surface area contributed by atoms with Gasteiger partial charge in [0.25, 0.3) is 0 Å². The molecule has 1 saturated heterocycles. The van der Waals surface area contributed by atoms with E-state index in [-0.39, 0.29) is 0 Å². The van der Waals surface area contributed by atoms with Gasteiger partial charge in [0.2, 0.25) is 0 Å². The highest BCUT2D eigenvalue weighted by Crippen LogP contribution is 2.26. The number of methoxy groups -OCH3 is 1. The van der Waals surface area contributed by atoms with Crippen LogP contribution in [-0.4, -0.2) is 68.5 Å². The average Bonchev–Trinajstić information content (AvgIpc) is 3.29. The summed E-state index contributed by atoms with van der Waals surface area (Å²) in [6.07, 6.45) is 5.39. The van der Waals surface area contributed by atoms with Crippen molar-refractivity contribution in [2.75, 3.05) is 51.8 Å². The lowest BCUT2D eigenvalue weighted by Crippen LogP contribution is -2.42. The first-order valence-corrected chi connectivity index (χ1v) is 12.9. The molecule has 0 bridgehead atoms. The Kier molecular flexibility index (Phi) is 13.1. The van der Waals surface area contributed by atoms with Gasteiger partial charge in [-0.15, -0.1) is 0 Å². The Bertz CT molecular complexity index is 916. The number of unbranched alkanes of at least 4 members (excludes halogenated alkanes) is 2. The molecule has 0 amide bonds. The van der Waals surface area contributed by atoms with E-state index in [1.807, 2.05) is 26.1 Å². The Hall–Kier alpha value is -2.68. The van der Waals surface area contributed by atoms with E-state index in [0.29, 0.717) is 19.0 Å². The Balaban J connectivity index is 0.00000210. The summed E-state index contributed by atoms with van der Waals surface area (Å²) < 4.78 is 7.91. The number of benzene rings is 1. The zero-order chi connectivity index (χ0) is 25.5. The van der Waals surface area contributed by atoms with Gasteiger partial charge in [-0.05, 0) is 30.8 Å². The Morgan fingerprint density at radius 1 is 1.17 bits per heavy atom. The molecule has 0 saturated carbocycles. The summed E-state index contributed by atoms with van der Waals surface area (Å²) in [5.74, 6) is 1.53. The van der Waals surface area contributed by atoms with E-state index in [0.717, 1.165) is 81.2 Å². The topological polar surface area (TPSA) is 92.2 Å². The molecule has 0 unspecified atom stereocenters. The third-order valence-corrected chi connectivity index (χ3v) is 5.95. The van der Waals surface area contributed by atoms with Crippen molar-refractivity contribution in [3.8, 4) is 5.75 Å². The van der Waals surface area contributed by atoms with Crippen molar-refractivity contribution in [2.45, 2.75) is 53.1 Å². The molecule has 35 heavy (non-hydrogen) atoms. The fraction of sp³-hybridized carbons (Fsp3) is 0.556. The van der Waals surface area contributed by atoms with Crippen LogP contribution >= 0.6 is 0 Å². The van der Waals surface area contributed by atoms with Crippen molar-refractivity contribution in [3.63, 3.8) is 0 Å². The minimum Gasteiger partial charge on any atom is -0.496 e. The molecule has 1 aliphatic heterocycles. The SMILES string of the molecule is C=NC(=NCCCCC)c1c(NCN)ccn1Cc1ccc(CN2CCNCC2)cc1OC.CC. The molecule has 0 spiro atoms. The molecule has 3 rings (SSSR count). The second-order valence-electron chi connectivity index (χ2n) is 8.33. The van der Waals surface area contributed by atoms with Gasteiger partial charge < -0.3 is 25.7 Å². The second kappa shape index (κ2) is 16.1. The van der Waals surface area contributed by atoms with Gasteiger partial charge >= 0.3 is 0 Å². The van der Waals surface area contributed by atoms with Crippen molar-refractivity contribution in [1.82, 2.24) is 14.8 Å². The molecule has 4 N–H and O–H groups in total. The van der Waals surface area contributed by atoms with E-state index in [9.17, 15) is 0 Å². The van der Waals surface area contributed by atoms with E-state index >= 15 is 0 Å². The number of anilines is 1. The van der Waals surface area contributed by atoms with Crippen LogP contribution in [0.4, 0.5) is 5.69 Å². The summed E-state index contributed by atoms with van der Waals surface area (Å²) in [5, 5.41) is 6.63. The molecule has 2 aromatic rings. The Morgan fingerprint density at radius 3 is 2.60 bits per heavy atom. The lowest BCUT2D eigenvalue weighted by Gasteiger charge is -2.27. The number of aliphatic imine (C=N–C) groups is 2. The highest BCUT2D eigenvalue weighted by molar-refractivity contribution is 6.04. The lowest BCUT2D eigenvalue weighted by molar-refractivity contribution is 0.233. The van der Waals surface area contributed by atoms with Gasteiger partial charge in [-0.3, -0.25) is 9.89 Å². The van der Waals surface area contributed by atoms with Gasteiger partial charge in [-0.25, -0.2) is 4.99 Å². The number of ether oxygens (including phenoxy) is 1. The van der Waals surface area contributed by atoms with Gasteiger partial charge in [0, 0.05) is 51.0 Å². The number of piperazine rings is 1. The summed E-state index contributed by atoms with van der Waals surface area (Å²) in [6, 6.07) is 8.54. The van der Waals surface area contributed by atoms with Crippen LogP contribution in [0.25, 0.3) is 0 Å². The van der Waals surface area contributed by atoms with Crippen molar-refractivity contribution < 1.29 is 4.74 Å². The van der Waals surface area contributed by atoms with Crippen LogP contribution in [0.1, 0.15) is 56.9 Å². The van der Waals surface area contributed by atoms with Gasteiger partial charge in [-0.2, -0.15) is 0 Å². The van der Waals surface area contributed by atoms with Crippen molar-refractivity contribution in [2.24, 2.45) is 15.7 Å². The third kappa shape index (κ3) is 8.49. The van der Waals surface area contributed by atoms with Crippen molar-refractivity contribution in [1.29, 1.82) is 0 Å². The number of rotatable bonds is 12. The van der Waals surface area contributed by atoms with E-state index in [1.54, 1.807) is 7.11 Å².